The number of tetrazole rings is 1. The van der Waals surface area contributed by atoms with Crippen LogP contribution in [0.4, 0.5) is 0 Å². The molecule has 0 unspecified atom stereocenters. The maximum absolute atomic E-state index is 5.62. The second kappa shape index (κ2) is 5.24. The van der Waals surface area contributed by atoms with Crippen LogP contribution in [0.5, 0.6) is 0 Å². The summed E-state index contributed by atoms with van der Waals surface area (Å²) in [5, 5.41) is 12.4. The van der Waals surface area contributed by atoms with Crippen molar-refractivity contribution in [3.8, 4) is 11.4 Å². The summed E-state index contributed by atoms with van der Waals surface area (Å²) in [5.41, 5.74) is 0.939. The molecule has 0 bridgehead atoms. The Labute approximate surface area is 116 Å². The molecule has 6 nitrogen and oxygen atoms in total. The maximum atomic E-state index is 5.62. The van der Waals surface area contributed by atoms with Crippen LogP contribution in [0.2, 0.25) is 0 Å². The van der Waals surface area contributed by atoms with Gasteiger partial charge in [0.2, 0.25) is 11.7 Å². The molecule has 0 atom stereocenters. The minimum Gasteiger partial charge on any atom is -0.443 e. The first kappa shape index (κ1) is 12.5. The zero-order valence-corrected chi connectivity index (χ0v) is 11.4. The molecule has 1 aromatic carbocycles. The fourth-order valence-electron chi connectivity index (χ4n) is 1.80. The highest BCUT2D eigenvalue weighted by Crippen LogP contribution is 2.16. The summed E-state index contributed by atoms with van der Waals surface area (Å²) in [4.78, 5) is 5.70. The van der Waals surface area contributed by atoms with Crippen molar-refractivity contribution in [2.45, 2.75) is 26.3 Å². The van der Waals surface area contributed by atoms with E-state index in [0.29, 0.717) is 24.2 Å². The summed E-state index contributed by atoms with van der Waals surface area (Å²) >= 11 is 0. The Hall–Kier alpha value is -2.50. The quantitative estimate of drug-likeness (QED) is 0.727. The van der Waals surface area contributed by atoms with Gasteiger partial charge in [-0.15, -0.1) is 10.2 Å². The van der Waals surface area contributed by atoms with Crippen LogP contribution >= 0.6 is 0 Å². The van der Waals surface area contributed by atoms with Crippen LogP contribution in [-0.2, 0) is 6.54 Å². The standard InChI is InChI=1S/C14H15N5O/c1-10(2)12-8-15-13(20-12)9-19-17-14(16-18-19)11-6-4-3-5-7-11/h3-8,10H,9H2,1-2H3. The third-order valence-electron chi connectivity index (χ3n) is 2.90. The van der Waals surface area contributed by atoms with Gasteiger partial charge in [-0.05, 0) is 5.21 Å². The van der Waals surface area contributed by atoms with Crippen molar-refractivity contribution in [2.75, 3.05) is 0 Å². The number of hydrogen-bond acceptors (Lipinski definition) is 5. The number of nitrogens with zero attached hydrogens (tertiary/aromatic N) is 5. The van der Waals surface area contributed by atoms with Crippen LogP contribution in [0.15, 0.2) is 40.9 Å². The van der Waals surface area contributed by atoms with E-state index in [2.05, 4.69) is 34.2 Å². The molecule has 0 fully saturated rings. The second-order valence-electron chi connectivity index (χ2n) is 4.82. The average Bonchev–Trinajstić information content (AvgIpc) is 3.10. The lowest BCUT2D eigenvalue weighted by molar-refractivity contribution is 0.405. The van der Waals surface area contributed by atoms with E-state index in [1.165, 1.54) is 4.80 Å². The molecular formula is C14H15N5O. The Kier molecular flexibility index (Phi) is 3.28. The summed E-state index contributed by atoms with van der Waals surface area (Å²) in [7, 11) is 0. The molecule has 0 saturated carbocycles. The van der Waals surface area contributed by atoms with Crippen LogP contribution in [-0.4, -0.2) is 25.2 Å². The number of aromatic nitrogens is 5. The summed E-state index contributed by atoms with van der Waals surface area (Å²) in [5.74, 6) is 2.37. The average molecular weight is 269 g/mol. The molecule has 0 spiro atoms. The van der Waals surface area contributed by atoms with Gasteiger partial charge in [0.25, 0.3) is 0 Å². The van der Waals surface area contributed by atoms with Gasteiger partial charge in [0.05, 0.1) is 6.20 Å². The fourth-order valence-corrected chi connectivity index (χ4v) is 1.80. The molecule has 20 heavy (non-hydrogen) atoms. The largest absolute Gasteiger partial charge is 0.443 e. The van der Waals surface area contributed by atoms with Gasteiger partial charge in [-0.2, -0.15) is 4.80 Å². The Balaban J connectivity index is 1.77. The molecule has 0 N–H and O–H groups in total. The zero-order chi connectivity index (χ0) is 13.9. The molecule has 6 heteroatoms. The van der Waals surface area contributed by atoms with Crippen molar-refractivity contribution in [3.05, 3.63) is 48.2 Å². The van der Waals surface area contributed by atoms with E-state index in [1.54, 1.807) is 6.20 Å². The third-order valence-corrected chi connectivity index (χ3v) is 2.90. The normalized spacial score (nSPS) is 11.2. The van der Waals surface area contributed by atoms with Crippen LogP contribution < -0.4 is 0 Å². The fraction of sp³-hybridized carbons (Fsp3) is 0.286. The highest BCUT2D eigenvalue weighted by atomic mass is 16.4. The van der Waals surface area contributed by atoms with E-state index >= 15 is 0 Å². The van der Waals surface area contributed by atoms with Gasteiger partial charge in [0, 0.05) is 11.5 Å². The molecular weight excluding hydrogens is 254 g/mol. The Bertz CT molecular complexity index is 686. The van der Waals surface area contributed by atoms with Gasteiger partial charge in [-0.1, -0.05) is 44.2 Å². The van der Waals surface area contributed by atoms with Crippen LogP contribution in [0.1, 0.15) is 31.4 Å². The van der Waals surface area contributed by atoms with Gasteiger partial charge in [-0.25, -0.2) is 4.98 Å². The Morgan fingerprint density at radius 1 is 1.20 bits per heavy atom. The third kappa shape index (κ3) is 2.59. The lowest BCUT2D eigenvalue weighted by Crippen LogP contribution is -2.04. The molecule has 3 aromatic rings. The van der Waals surface area contributed by atoms with E-state index in [-0.39, 0.29) is 0 Å². The van der Waals surface area contributed by atoms with Crippen molar-refractivity contribution in [1.82, 2.24) is 25.2 Å². The molecule has 2 aromatic heterocycles. The predicted octanol–water partition coefficient (Wildman–Crippen LogP) is 2.50. The Morgan fingerprint density at radius 3 is 2.70 bits per heavy atom. The van der Waals surface area contributed by atoms with Gasteiger partial charge < -0.3 is 4.42 Å². The van der Waals surface area contributed by atoms with Crippen molar-refractivity contribution in [3.63, 3.8) is 0 Å². The number of benzene rings is 1. The molecule has 0 aliphatic carbocycles. The van der Waals surface area contributed by atoms with E-state index in [4.69, 9.17) is 4.42 Å². The van der Waals surface area contributed by atoms with E-state index in [1.807, 2.05) is 30.3 Å². The van der Waals surface area contributed by atoms with E-state index < -0.39 is 0 Å². The van der Waals surface area contributed by atoms with Gasteiger partial charge in [0.15, 0.2) is 0 Å². The summed E-state index contributed by atoms with van der Waals surface area (Å²) in [6, 6.07) is 9.74. The van der Waals surface area contributed by atoms with Gasteiger partial charge in [0.1, 0.15) is 12.3 Å². The van der Waals surface area contributed by atoms with E-state index in [0.717, 1.165) is 11.3 Å². The summed E-state index contributed by atoms with van der Waals surface area (Å²) < 4.78 is 5.62. The first-order valence-electron chi connectivity index (χ1n) is 6.50. The molecule has 0 aliphatic heterocycles. The van der Waals surface area contributed by atoms with Crippen molar-refractivity contribution >= 4 is 0 Å². The SMILES string of the molecule is CC(C)c1cnc(Cn2nnc(-c3ccccc3)n2)o1. The summed E-state index contributed by atoms with van der Waals surface area (Å²) in [6.45, 7) is 4.50. The van der Waals surface area contributed by atoms with Crippen molar-refractivity contribution in [2.24, 2.45) is 0 Å². The van der Waals surface area contributed by atoms with Crippen molar-refractivity contribution < 1.29 is 4.42 Å². The topological polar surface area (TPSA) is 69.6 Å². The maximum Gasteiger partial charge on any atom is 0.218 e. The lowest BCUT2D eigenvalue weighted by Gasteiger charge is -1.97. The molecule has 102 valence electrons. The first-order chi connectivity index (χ1) is 9.72. The summed E-state index contributed by atoms with van der Waals surface area (Å²) in [6.07, 6.45) is 1.75. The van der Waals surface area contributed by atoms with Crippen LogP contribution in [0.3, 0.4) is 0 Å². The van der Waals surface area contributed by atoms with Crippen molar-refractivity contribution in [1.29, 1.82) is 0 Å². The molecule has 3 rings (SSSR count). The minimum absolute atomic E-state index is 0.319. The van der Waals surface area contributed by atoms with Gasteiger partial charge >= 0.3 is 0 Å². The number of hydrogen-bond donors (Lipinski definition) is 0. The highest BCUT2D eigenvalue weighted by molar-refractivity contribution is 5.52. The molecule has 0 amide bonds. The second-order valence-corrected chi connectivity index (χ2v) is 4.82. The minimum atomic E-state index is 0.319. The Morgan fingerprint density at radius 2 is 2.00 bits per heavy atom. The van der Waals surface area contributed by atoms with E-state index in [9.17, 15) is 0 Å². The lowest BCUT2D eigenvalue weighted by atomic mass is 10.2. The smallest absolute Gasteiger partial charge is 0.218 e. The van der Waals surface area contributed by atoms with Crippen LogP contribution in [0, 0.1) is 0 Å². The van der Waals surface area contributed by atoms with Gasteiger partial charge in [-0.3, -0.25) is 0 Å². The monoisotopic (exact) mass is 269 g/mol. The van der Waals surface area contributed by atoms with Crippen LogP contribution in [0.25, 0.3) is 11.4 Å². The highest BCUT2D eigenvalue weighted by Gasteiger charge is 2.10. The molecule has 0 radical (unpaired) electrons. The molecule has 0 saturated heterocycles. The molecule has 0 aliphatic rings. The number of oxazole rings is 1. The molecule has 2 heterocycles. The number of rotatable bonds is 4. The zero-order valence-electron chi connectivity index (χ0n) is 11.4. The first-order valence-corrected chi connectivity index (χ1v) is 6.50. The predicted molar refractivity (Wildman–Crippen MR) is 72.9 cm³/mol.